The molecule has 7 nitrogen and oxygen atoms in total. The van der Waals surface area contributed by atoms with Crippen LogP contribution in [-0.2, 0) is 14.6 Å². The van der Waals surface area contributed by atoms with Crippen molar-refractivity contribution in [2.24, 2.45) is 0 Å². The van der Waals surface area contributed by atoms with Crippen LogP contribution in [0.5, 0.6) is 0 Å². The Bertz CT molecular complexity index is 337. The van der Waals surface area contributed by atoms with Gasteiger partial charge in [0.15, 0.2) is 0 Å². The summed E-state index contributed by atoms with van der Waals surface area (Å²) in [4.78, 5) is 22.4. The zero-order chi connectivity index (χ0) is 12.1. The molecule has 0 spiro atoms. The summed E-state index contributed by atoms with van der Waals surface area (Å²) in [5, 5.41) is 10.4. The molecule has 0 aliphatic rings. The minimum Gasteiger partial charge on any atom is -0.480 e. The zero-order valence-electron chi connectivity index (χ0n) is 8.56. The molecule has 2 N–H and O–H groups in total. The second-order valence-electron chi connectivity index (χ2n) is 3.10. The molecule has 88 valence electrons. The van der Waals surface area contributed by atoms with Gasteiger partial charge in [0.1, 0.15) is 16.4 Å². The number of nitrogens with zero attached hydrogens (tertiary/aromatic N) is 1. The van der Waals surface area contributed by atoms with Gasteiger partial charge in [0, 0.05) is 19.8 Å². The number of nitrogens with one attached hydrogen (secondary N) is 1. The molecule has 0 saturated carbocycles. The summed E-state index contributed by atoms with van der Waals surface area (Å²) in [6.45, 7) is -0.452. The number of carbonyl (C=O) groups is 2. The Morgan fingerprint density at radius 3 is 2.33 bits per heavy atom. The lowest BCUT2D eigenvalue weighted by Crippen LogP contribution is -2.41. The van der Waals surface area contributed by atoms with Crippen LogP contribution in [0.4, 0.5) is 4.79 Å². The first kappa shape index (κ1) is 13.7. The molecule has 15 heavy (non-hydrogen) atoms. The molecule has 2 amide bonds. The third-order valence-electron chi connectivity index (χ3n) is 1.54. The van der Waals surface area contributed by atoms with Crippen molar-refractivity contribution < 1.29 is 23.1 Å². The van der Waals surface area contributed by atoms with Crippen molar-refractivity contribution in [3.63, 3.8) is 0 Å². The van der Waals surface area contributed by atoms with Crippen molar-refractivity contribution in [2.75, 3.05) is 32.1 Å². The molecule has 0 bridgehead atoms. The van der Waals surface area contributed by atoms with E-state index in [0.29, 0.717) is 0 Å². The van der Waals surface area contributed by atoms with E-state index in [4.69, 9.17) is 5.11 Å². The van der Waals surface area contributed by atoms with Gasteiger partial charge in [-0.2, -0.15) is 0 Å². The average molecular weight is 238 g/mol. The van der Waals surface area contributed by atoms with Crippen LogP contribution in [0, 0.1) is 0 Å². The number of carboxylic acid groups (broad SMARTS) is 1. The van der Waals surface area contributed by atoms with Crippen molar-refractivity contribution >= 4 is 21.8 Å². The minimum absolute atomic E-state index is 0.0320. The van der Waals surface area contributed by atoms with Crippen LogP contribution < -0.4 is 5.32 Å². The van der Waals surface area contributed by atoms with Gasteiger partial charge in [0.25, 0.3) is 0 Å². The predicted octanol–water partition coefficient (Wildman–Crippen LogP) is -1.24. The molecule has 0 unspecified atom stereocenters. The van der Waals surface area contributed by atoms with Crippen LogP contribution in [0.15, 0.2) is 0 Å². The topological polar surface area (TPSA) is 104 Å². The Kier molecular flexibility index (Phi) is 5.06. The number of sulfone groups is 1. The molecular formula is C7H14N2O5S. The molecule has 0 fully saturated rings. The lowest BCUT2D eigenvalue weighted by Gasteiger charge is -2.16. The maximum atomic E-state index is 11.1. The maximum Gasteiger partial charge on any atom is 0.323 e. The summed E-state index contributed by atoms with van der Waals surface area (Å²) >= 11 is 0. The number of aliphatic carboxylic acids is 1. The van der Waals surface area contributed by atoms with Crippen molar-refractivity contribution in [3.8, 4) is 0 Å². The summed E-state index contributed by atoms with van der Waals surface area (Å²) in [7, 11) is -1.73. The quantitative estimate of drug-likeness (QED) is 0.623. The highest BCUT2D eigenvalue weighted by molar-refractivity contribution is 7.90. The smallest absolute Gasteiger partial charge is 0.323 e. The molecule has 0 aromatic heterocycles. The van der Waals surface area contributed by atoms with Crippen molar-refractivity contribution in [2.45, 2.75) is 0 Å². The van der Waals surface area contributed by atoms with E-state index in [9.17, 15) is 18.0 Å². The predicted molar refractivity (Wildman–Crippen MR) is 53.4 cm³/mol. The van der Waals surface area contributed by atoms with Crippen LogP contribution >= 0.6 is 0 Å². The molecule has 0 rings (SSSR count). The molecule has 0 heterocycles. The summed E-state index contributed by atoms with van der Waals surface area (Å²) in [5.74, 6) is -1.30. The third-order valence-corrected chi connectivity index (χ3v) is 2.46. The van der Waals surface area contributed by atoms with Crippen LogP contribution in [0.3, 0.4) is 0 Å². The van der Waals surface area contributed by atoms with E-state index in [-0.39, 0.29) is 12.3 Å². The van der Waals surface area contributed by atoms with Crippen LogP contribution in [-0.4, -0.2) is 62.6 Å². The molecule has 0 aliphatic carbocycles. The van der Waals surface area contributed by atoms with E-state index >= 15 is 0 Å². The first-order valence-corrected chi connectivity index (χ1v) is 6.17. The molecule has 0 saturated heterocycles. The van der Waals surface area contributed by atoms with Gasteiger partial charge in [-0.3, -0.25) is 4.79 Å². The molecular weight excluding hydrogens is 224 g/mol. The van der Waals surface area contributed by atoms with Gasteiger partial charge >= 0.3 is 12.0 Å². The van der Waals surface area contributed by atoms with Gasteiger partial charge in [-0.1, -0.05) is 0 Å². The Labute approximate surface area is 88.0 Å². The Morgan fingerprint density at radius 1 is 1.40 bits per heavy atom. The lowest BCUT2D eigenvalue weighted by atomic mass is 10.6. The van der Waals surface area contributed by atoms with E-state index in [0.717, 1.165) is 11.2 Å². The fourth-order valence-corrected chi connectivity index (χ4v) is 1.30. The van der Waals surface area contributed by atoms with E-state index in [1.165, 1.54) is 7.05 Å². The zero-order valence-corrected chi connectivity index (χ0v) is 9.37. The van der Waals surface area contributed by atoms with E-state index < -0.39 is 28.4 Å². The number of rotatable bonds is 5. The molecule has 0 aliphatic heterocycles. The summed E-state index contributed by atoms with van der Waals surface area (Å²) in [6.07, 6.45) is 1.07. The largest absolute Gasteiger partial charge is 0.480 e. The second kappa shape index (κ2) is 5.54. The van der Waals surface area contributed by atoms with Crippen LogP contribution in [0.2, 0.25) is 0 Å². The Balaban J connectivity index is 3.95. The highest BCUT2D eigenvalue weighted by atomic mass is 32.2. The highest BCUT2D eigenvalue weighted by Gasteiger charge is 2.11. The van der Waals surface area contributed by atoms with Gasteiger partial charge < -0.3 is 15.3 Å². The lowest BCUT2D eigenvalue weighted by molar-refractivity contribution is -0.135. The molecule has 0 aromatic rings. The maximum absolute atomic E-state index is 11.1. The minimum atomic E-state index is -3.12. The Hall–Kier alpha value is -1.31. The summed E-state index contributed by atoms with van der Waals surface area (Å²) < 4.78 is 21.5. The number of amides is 2. The third kappa shape index (κ3) is 7.74. The molecule has 0 aromatic carbocycles. The van der Waals surface area contributed by atoms with Gasteiger partial charge in [-0.05, 0) is 0 Å². The SMILES string of the molecule is CN(CCS(C)(=O)=O)C(=O)NCC(=O)O. The van der Waals surface area contributed by atoms with Crippen molar-refractivity contribution in [1.82, 2.24) is 10.2 Å². The van der Waals surface area contributed by atoms with Gasteiger partial charge in [0.05, 0.1) is 5.75 Å². The Morgan fingerprint density at radius 2 is 1.93 bits per heavy atom. The number of hydrogen-bond donors (Lipinski definition) is 2. The van der Waals surface area contributed by atoms with Crippen LogP contribution in [0.25, 0.3) is 0 Å². The fourth-order valence-electron chi connectivity index (χ4n) is 0.690. The summed E-state index contributed by atoms with van der Waals surface area (Å²) in [5.41, 5.74) is 0. The highest BCUT2D eigenvalue weighted by Crippen LogP contribution is 1.88. The van der Waals surface area contributed by atoms with E-state index in [2.05, 4.69) is 5.32 Å². The normalized spacial score (nSPS) is 10.8. The summed E-state index contributed by atoms with van der Waals surface area (Å²) in [6, 6.07) is -0.610. The number of carboxylic acids is 1. The molecule has 8 heteroatoms. The van der Waals surface area contributed by atoms with Gasteiger partial charge in [0.2, 0.25) is 0 Å². The van der Waals surface area contributed by atoms with Crippen LogP contribution in [0.1, 0.15) is 0 Å². The molecule has 0 radical (unpaired) electrons. The first-order valence-electron chi connectivity index (χ1n) is 4.11. The van der Waals surface area contributed by atoms with Crippen molar-refractivity contribution in [3.05, 3.63) is 0 Å². The first-order chi connectivity index (χ1) is 6.72. The van der Waals surface area contributed by atoms with Gasteiger partial charge in [-0.15, -0.1) is 0 Å². The fraction of sp³-hybridized carbons (Fsp3) is 0.714. The second-order valence-corrected chi connectivity index (χ2v) is 5.36. The van der Waals surface area contributed by atoms with Gasteiger partial charge in [-0.25, -0.2) is 13.2 Å². The van der Waals surface area contributed by atoms with E-state index in [1.807, 2.05) is 0 Å². The number of carbonyl (C=O) groups excluding carboxylic acids is 1. The number of urea groups is 1. The molecule has 0 atom stereocenters. The van der Waals surface area contributed by atoms with E-state index in [1.54, 1.807) is 0 Å². The monoisotopic (exact) mass is 238 g/mol. The average Bonchev–Trinajstić information content (AvgIpc) is 2.08. The number of hydrogen-bond acceptors (Lipinski definition) is 4. The standard InChI is InChI=1S/C7H14N2O5S/c1-9(3-4-15(2,13)14)7(12)8-5-6(10)11/h3-5H2,1-2H3,(H,8,12)(H,10,11). The van der Waals surface area contributed by atoms with Crippen molar-refractivity contribution in [1.29, 1.82) is 0 Å².